The molecule has 1 saturated carbocycles. The molecule has 206 valence electrons. The molecule has 0 aromatic carbocycles. The molecule has 10 nitrogen and oxygen atoms in total. The van der Waals surface area contributed by atoms with Crippen molar-refractivity contribution in [1.82, 2.24) is 24.5 Å². The van der Waals surface area contributed by atoms with Crippen LogP contribution in [-0.4, -0.2) is 65.4 Å². The van der Waals surface area contributed by atoms with Crippen LogP contribution in [0.25, 0.3) is 5.78 Å². The molecule has 0 spiro atoms. The maximum atomic E-state index is 13.3. The van der Waals surface area contributed by atoms with Crippen molar-refractivity contribution < 1.29 is 24.5 Å². The van der Waals surface area contributed by atoms with Crippen molar-refractivity contribution in [2.75, 3.05) is 13.1 Å². The molecule has 38 heavy (non-hydrogen) atoms. The normalized spacial score (nSPS) is 23.4. The van der Waals surface area contributed by atoms with Crippen LogP contribution in [0.4, 0.5) is 4.79 Å². The molecule has 4 heterocycles. The highest BCUT2D eigenvalue weighted by molar-refractivity contribution is 5.90. The molecule has 0 radical (unpaired) electrons. The van der Waals surface area contributed by atoms with Crippen LogP contribution in [0.1, 0.15) is 87.8 Å². The van der Waals surface area contributed by atoms with Gasteiger partial charge in [0.1, 0.15) is 11.4 Å². The smallest absolute Gasteiger partial charge is 0.407 e. The van der Waals surface area contributed by atoms with E-state index in [2.05, 4.69) is 15.1 Å². The molecule has 1 unspecified atom stereocenters. The Bertz CT molecular complexity index is 1230. The number of amides is 1. The van der Waals surface area contributed by atoms with E-state index in [-0.39, 0.29) is 23.7 Å². The van der Waals surface area contributed by atoms with Crippen LogP contribution in [-0.2, 0) is 16.0 Å². The largest absolute Gasteiger partial charge is 0.512 e. The predicted octanol–water partition coefficient (Wildman–Crippen LogP) is 4.92. The summed E-state index contributed by atoms with van der Waals surface area (Å²) in [6.07, 6.45) is 9.47. The second-order valence-electron chi connectivity index (χ2n) is 11.5. The summed E-state index contributed by atoms with van der Waals surface area (Å²) in [6, 6.07) is 1.92. The molecular weight excluding hydrogens is 486 g/mol. The predicted molar refractivity (Wildman–Crippen MR) is 140 cm³/mol. The molecule has 1 aliphatic carbocycles. The SMILES string of the molecule is Cc1cc(C)n2nc(CC3=C(O)CC(CCCCC4CCN(C(=O)O)CC4)(C4CCCC4)OC3=O)nc2n1. The van der Waals surface area contributed by atoms with Crippen LogP contribution >= 0.6 is 0 Å². The number of aliphatic hydroxyl groups is 1. The minimum atomic E-state index is -0.827. The zero-order valence-corrected chi connectivity index (χ0v) is 22.5. The molecule has 0 bridgehead atoms. The van der Waals surface area contributed by atoms with Gasteiger partial charge < -0.3 is 19.8 Å². The molecule has 2 N–H and O–H groups in total. The van der Waals surface area contributed by atoms with E-state index in [0.717, 1.165) is 75.6 Å². The van der Waals surface area contributed by atoms with Crippen LogP contribution in [0.2, 0.25) is 0 Å². The summed E-state index contributed by atoms with van der Waals surface area (Å²) in [5.74, 6) is 1.37. The van der Waals surface area contributed by atoms with Gasteiger partial charge in [-0.15, -0.1) is 5.10 Å². The molecule has 1 saturated heterocycles. The third-order valence-corrected chi connectivity index (χ3v) is 8.80. The fourth-order valence-electron chi connectivity index (χ4n) is 6.70. The highest BCUT2D eigenvalue weighted by Crippen LogP contribution is 2.46. The van der Waals surface area contributed by atoms with E-state index in [1.807, 2.05) is 19.9 Å². The minimum Gasteiger partial charge on any atom is -0.512 e. The quantitative estimate of drug-likeness (QED) is 0.367. The Kier molecular flexibility index (Phi) is 7.59. The number of rotatable bonds is 8. The van der Waals surface area contributed by atoms with Crippen molar-refractivity contribution >= 4 is 17.8 Å². The fraction of sp³-hybridized carbons (Fsp3) is 0.679. The number of hydrogen-bond donors (Lipinski definition) is 2. The Morgan fingerprint density at radius 3 is 2.55 bits per heavy atom. The number of piperidine rings is 1. The summed E-state index contributed by atoms with van der Waals surface area (Å²) in [7, 11) is 0. The molecule has 2 aromatic rings. The van der Waals surface area contributed by atoms with E-state index in [1.165, 1.54) is 4.90 Å². The van der Waals surface area contributed by atoms with E-state index in [4.69, 9.17) is 9.84 Å². The van der Waals surface area contributed by atoms with Crippen LogP contribution in [0, 0.1) is 25.7 Å². The summed E-state index contributed by atoms with van der Waals surface area (Å²) in [5.41, 5.74) is 1.34. The lowest BCUT2D eigenvalue weighted by Gasteiger charge is -2.42. The summed E-state index contributed by atoms with van der Waals surface area (Å²) in [6.45, 7) is 5.06. The van der Waals surface area contributed by atoms with Crippen molar-refractivity contribution in [3.8, 4) is 0 Å². The number of likely N-dealkylation sites (tertiary alicyclic amines) is 1. The number of esters is 1. The van der Waals surface area contributed by atoms with E-state index in [1.54, 1.807) is 4.52 Å². The summed E-state index contributed by atoms with van der Waals surface area (Å²) < 4.78 is 7.91. The number of aromatic nitrogens is 4. The molecule has 5 rings (SSSR count). The number of cyclic esters (lactones) is 1. The third kappa shape index (κ3) is 5.49. The monoisotopic (exact) mass is 525 g/mol. The number of ether oxygens (including phenoxy) is 1. The van der Waals surface area contributed by atoms with Gasteiger partial charge in [0.25, 0.3) is 5.78 Å². The molecule has 1 amide bonds. The summed E-state index contributed by atoms with van der Waals surface area (Å²) in [5, 5.41) is 24.8. The van der Waals surface area contributed by atoms with Crippen molar-refractivity contribution in [2.45, 2.75) is 96.5 Å². The molecule has 3 aliphatic rings. The Morgan fingerprint density at radius 1 is 1.13 bits per heavy atom. The number of carbonyl (C=O) groups excluding carboxylic acids is 1. The highest BCUT2D eigenvalue weighted by Gasteiger charge is 2.48. The molecule has 2 fully saturated rings. The van der Waals surface area contributed by atoms with E-state index < -0.39 is 17.7 Å². The van der Waals surface area contributed by atoms with Crippen molar-refractivity contribution in [1.29, 1.82) is 0 Å². The zero-order chi connectivity index (χ0) is 26.9. The van der Waals surface area contributed by atoms with Gasteiger partial charge in [-0.25, -0.2) is 19.1 Å². The first-order valence-electron chi connectivity index (χ1n) is 14.1. The van der Waals surface area contributed by atoms with Gasteiger partial charge in [-0.05, 0) is 70.3 Å². The number of carbonyl (C=O) groups is 2. The van der Waals surface area contributed by atoms with Crippen molar-refractivity contribution in [2.24, 2.45) is 11.8 Å². The molecule has 10 heteroatoms. The van der Waals surface area contributed by atoms with Crippen molar-refractivity contribution in [3.63, 3.8) is 0 Å². The second-order valence-corrected chi connectivity index (χ2v) is 11.5. The van der Waals surface area contributed by atoms with Gasteiger partial charge in [-0.1, -0.05) is 25.7 Å². The van der Waals surface area contributed by atoms with Gasteiger partial charge in [0, 0.05) is 37.3 Å². The number of unbranched alkanes of at least 4 members (excludes halogenated alkanes) is 1. The molecule has 1 atom stereocenters. The fourth-order valence-corrected chi connectivity index (χ4v) is 6.70. The highest BCUT2D eigenvalue weighted by atomic mass is 16.6. The minimum absolute atomic E-state index is 0.105. The number of fused-ring (bicyclic) bond motifs is 1. The number of hydrogen-bond acceptors (Lipinski definition) is 7. The lowest BCUT2D eigenvalue weighted by molar-refractivity contribution is -0.167. The van der Waals surface area contributed by atoms with Crippen LogP contribution < -0.4 is 0 Å². The van der Waals surface area contributed by atoms with E-state index in [0.29, 0.717) is 37.0 Å². The maximum Gasteiger partial charge on any atom is 0.407 e. The number of nitrogens with zero attached hydrogens (tertiary/aromatic N) is 5. The van der Waals surface area contributed by atoms with Gasteiger partial charge in [0.15, 0.2) is 5.82 Å². The van der Waals surface area contributed by atoms with Gasteiger partial charge in [0.05, 0.1) is 5.57 Å². The van der Waals surface area contributed by atoms with E-state index >= 15 is 0 Å². The van der Waals surface area contributed by atoms with Gasteiger partial charge in [-0.3, -0.25) is 0 Å². The average Bonchev–Trinajstić information content (AvgIpc) is 3.55. The average molecular weight is 526 g/mol. The summed E-state index contributed by atoms with van der Waals surface area (Å²) in [4.78, 5) is 34.9. The molecule has 2 aromatic heterocycles. The Balaban J connectivity index is 1.24. The van der Waals surface area contributed by atoms with Crippen LogP contribution in [0.15, 0.2) is 17.4 Å². The van der Waals surface area contributed by atoms with Crippen molar-refractivity contribution in [3.05, 3.63) is 34.6 Å². The number of carboxylic acid groups (broad SMARTS) is 1. The summed E-state index contributed by atoms with van der Waals surface area (Å²) >= 11 is 0. The maximum absolute atomic E-state index is 13.3. The van der Waals surface area contributed by atoms with Gasteiger partial charge in [-0.2, -0.15) is 4.98 Å². The second kappa shape index (κ2) is 10.9. The molecular formula is C28H39N5O5. The Hall–Kier alpha value is -3.17. The first-order valence-corrected chi connectivity index (χ1v) is 14.1. The number of aryl methyl sites for hydroxylation is 2. The van der Waals surface area contributed by atoms with Gasteiger partial charge >= 0.3 is 12.1 Å². The Labute approximate surface area is 223 Å². The zero-order valence-electron chi connectivity index (χ0n) is 22.5. The number of aliphatic hydroxyl groups excluding tert-OH is 1. The van der Waals surface area contributed by atoms with Gasteiger partial charge in [0.2, 0.25) is 0 Å². The lowest BCUT2D eigenvalue weighted by atomic mass is 9.76. The standard InChI is InChI=1S/C28H39N5O5/c1-18-15-19(2)33-26(29-18)30-24(31-33)16-22-23(34)17-28(38-25(22)35,21-8-3-4-9-21)12-6-5-7-20-10-13-32(14-11-20)27(36)37/h15,20-21,34H,3-14,16-17H2,1-2H3,(H,36,37). The Morgan fingerprint density at radius 2 is 1.87 bits per heavy atom. The van der Waals surface area contributed by atoms with Crippen LogP contribution in [0.5, 0.6) is 0 Å². The topological polar surface area (TPSA) is 130 Å². The first kappa shape index (κ1) is 26.4. The molecule has 2 aliphatic heterocycles. The lowest BCUT2D eigenvalue weighted by Crippen LogP contribution is -2.46. The third-order valence-electron chi connectivity index (χ3n) is 8.80. The van der Waals surface area contributed by atoms with E-state index in [9.17, 15) is 14.7 Å². The van der Waals surface area contributed by atoms with Crippen LogP contribution in [0.3, 0.4) is 0 Å². The first-order chi connectivity index (χ1) is 18.2.